The number of rotatable bonds is 5. The third kappa shape index (κ3) is 2.79. The molecule has 1 aromatic carbocycles. The quantitative estimate of drug-likeness (QED) is 0.745. The molecule has 1 atom stereocenters. The number of hydrogen-bond acceptors (Lipinski definition) is 3. The van der Waals surface area contributed by atoms with Crippen LogP contribution in [-0.2, 0) is 13.0 Å². The first kappa shape index (κ1) is 13.4. The van der Waals surface area contributed by atoms with Gasteiger partial charge < -0.3 is 9.73 Å². The smallest absolute Gasteiger partial charge is 0.134 e. The lowest BCUT2D eigenvalue weighted by molar-refractivity contribution is 0.529. The molecule has 20 heavy (non-hydrogen) atoms. The van der Waals surface area contributed by atoms with E-state index in [1.807, 2.05) is 19.1 Å². The summed E-state index contributed by atoms with van der Waals surface area (Å²) in [5, 5.41) is 9.18. The van der Waals surface area contributed by atoms with Crippen LogP contribution in [-0.4, -0.2) is 6.04 Å². The van der Waals surface area contributed by atoms with Crippen LogP contribution in [0, 0.1) is 6.92 Å². The largest absolute Gasteiger partial charge is 0.461 e. The monoisotopic (exact) mass is 285 g/mol. The molecule has 2 aromatic heterocycles. The lowest BCUT2D eigenvalue weighted by Crippen LogP contribution is -2.27. The number of benzene rings is 1. The van der Waals surface area contributed by atoms with Crippen molar-refractivity contribution >= 4 is 22.3 Å². The van der Waals surface area contributed by atoms with Crippen LogP contribution in [0.4, 0.5) is 0 Å². The standard InChI is InChI=1S/C17H19NOS/c1-12(9-14-7-8-20-11-14)18-10-16-13(2)19-17-6-4-3-5-15(16)17/h3-8,11-12,18H,9-10H2,1-2H3. The molecule has 104 valence electrons. The van der Waals surface area contributed by atoms with Crippen molar-refractivity contribution in [2.24, 2.45) is 0 Å². The van der Waals surface area contributed by atoms with E-state index < -0.39 is 0 Å². The molecule has 3 aromatic rings. The van der Waals surface area contributed by atoms with Gasteiger partial charge in [0.2, 0.25) is 0 Å². The molecule has 0 bridgehead atoms. The SMILES string of the molecule is Cc1oc2ccccc2c1CNC(C)Cc1ccsc1. The first-order valence-corrected chi connectivity index (χ1v) is 7.90. The molecular weight excluding hydrogens is 266 g/mol. The molecular formula is C17H19NOS. The molecule has 0 saturated heterocycles. The van der Waals surface area contributed by atoms with Crippen molar-refractivity contribution in [1.29, 1.82) is 0 Å². The molecule has 0 spiro atoms. The summed E-state index contributed by atoms with van der Waals surface area (Å²) in [6, 6.07) is 10.9. The molecule has 0 aliphatic carbocycles. The van der Waals surface area contributed by atoms with Crippen molar-refractivity contribution in [3.05, 3.63) is 58.0 Å². The van der Waals surface area contributed by atoms with Crippen LogP contribution in [0.2, 0.25) is 0 Å². The summed E-state index contributed by atoms with van der Waals surface area (Å²) in [5.74, 6) is 1.02. The third-order valence-electron chi connectivity index (χ3n) is 3.65. The van der Waals surface area contributed by atoms with Crippen molar-refractivity contribution in [2.45, 2.75) is 32.9 Å². The van der Waals surface area contributed by atoms with Crippen molar-refractivity contribution in [1.82, 2.24) is 5.32 Å². The minimum atomic E-state index is 0.456. The maximum atomic E-state index is 5.80. The molecule has 0 radical (unpaired) electrons. The van der Waals surface area contributed by atoms with Gasteiger partial charge in [-0.2, -0.15) is 11.3 Å². The van der Waals surface area contributed by atoms with Crippen LogP contribution in [0.1, 0.15) is 23.8 Å². The molecule has 0 aliphatic rings. The van der Waals surface area contributed by atoms with Crippen LogP contribution in [0.25, 0.3) is 11.0 Å². The van der Waals surface area contributed by atoms with E-state index in [0.717, 1.165) is 24.3 Å². The summed E-state index contributed by atoms with van der Waals surface area (Å²) in [7, 11) is 0. The summed E-state index contributed by atoms with van der Waals surface area (Å²) >= 11 is 1.76. The van der Waals surface area contributed by atoms with Crippen LogP contribution >= 0.6 is 11.3 Å². The Hall–Kier alpha value is -1.58. The lowest BCUT2D eigenvalue weighted by atomic mass is 10.1. The van der Waals surface area contributed by atoms with E-state index in [-0.39, 0.29) is 0 Å². The molecule has 0 saturated carbocycles. The van der Waals surface area contributed by atoms with Gasteiger partial charge in [0.05, 0.1) is 0 Å². The van der Waals surface area contributed by atoms with Gasteiger partial charge in [0.1, 0.15) is 11.3 Å². The number of thiophene rings is 1. The average molecular weight is 285 g/mol. The Morgan fingerprint density at radius 3 is 2.90 bits per heavy atom. The van der Waals surface area contributed by atoms with Gasteiger partial charge in [-0.1, -0.05) is 18.2 Å². The number of para-hydroxylation sites is 1. The minimum Gasteiger partial charge on any atom is -0.461 e. The Labute approximate surface area is 123 Å². The van der Waals surface area contributed by atoms with Gasteiger partial charge in [-0.05, 0) is 48.7 Å². The Morgan fingerprint density at radius 2 is 2.10 bits per heavy atom. The maximum Gasteiger partial charge on any atom is 0.134 e. The highest BCUT2D eigenvalue weighted by Crippen LogP contribution is 2.25. The van der Waals surface area contributed by atoms with Gasteiger partial charge in [-0.3, -0.25) is 0 Å². The average Bonchev–Trinajstić information content (AvgIpc) is 3.03. The molecule has 1 N–H and O–H groups in total. The Kier molecular flexibility index (Phi) is 3.90. The van der Waals surface area contributed by atoms with Crippen molar-refractivity contribution < 1.29 is 4.42 Å². The van der Waals surface area contributed by atoms with Crippen LogP contribution in [0.3, 0.4) is 0 Å². The van der Waals surface area contributed by atoms with Gasteiger partial charge in [0.15, 0.2) is 0 Å². The number of fused-ring (bicyclic) bond motifs is 1. The molecule has 1 unspecified atom stereocenters. The predicted octanol–water partition coefficient (Wildman–Crippen LogP) is 4.52. The Morgan fingerprint density at radius 1 is 1.25 bits per heavy atom. The van der Waals surface area contributed by atoms with Crippen molar-refractivity contribution in [3.63, 3.8) is 0 Å². The van der Waals surface area contributed by atoms with E-state index in [9.17, 15) is 0 Å². The van der Waals surface area contributed by atoms with Crippen LogP contribution in [0.15, 0.2) is 45.5 Å². The van der Waals surface area contributed by atoms with Gasteiger partial charge in [-0.25, -0.2) is 0 Å². The highest BCUT2D eigenvalue weighted by Gasteiger charge is 2.11. The zero-order chi connectivity index (χ0) is 13.9. The van der Waals surface area contributed by atoms with Gasteiger partial charge >= 0.3 is 0 Å². The zero-order valence-electron chi connectivity index (χ0n) is 11.8. The summed E-state index contributed by atoms with van der Waals surface area (Å²) in [6.45, 7) is 5.13. The van der Waals surface area contributed by atoms with Crippen molar-refractivity contribution in [2.75, 3.05) is 0 Å². The second kappa shape index (κ2) is 5.81. The number of nitrogens with one attached hydrogen (secondary N) is 1. The molecule has 0 aliphatic heterocycles. The van der Waals surface area contributed by atoms with E-state index in [2.05, 4.69) is 41.2 Å². The first-order chi connectivity index (χ1) is 9.74. The Balaban J connectivity index is 1.69. The maximum absolute atomic E-state index is 5.80. The first-order valence-electron chi connectivity index (χ1n) is 6.95. The fourth-order valence-electron chi connectivity index (χ4n) is 2.55. The highest BCUT2D eigenvalue weighted by molar-refractivity contribution is 7.07. The summed E-state index contributed by atoms with van der Waals surface area (Å²) in [6.07, 6.45) is 1.07. The van der Waals surface area contributed by atoms with Gasteiger partial charge in [0.25, 0.3) is 0 Å². The molecule has 2 nitrogen and oxygen atoms in total. The van der Waals surface area contributed by atoms with Crippen LogP contribution in [0.5, 0.6) is 0 Å². The van der Waals surface area contributed by atoms with Gasteiger partial charge in [-0.15, -0.1) is 0 Å². The lowest BCUT2D eigenvalue weighted by Gasteiger charge is -2.12. The predicted molar refractivity (Wildman–Crippen MR) is 85.3 cm³/mol. The van der Waals surface area contributed by atoms with Crippen LogP contribution < -0.4 is 5.32 Å². The second-order valence-corrected chi connectivity index (χ2v) is 6.03. The number of hydrogen-bond donors (Lipinski definition) is 1. The summed E-state index contributed by atoms with van der Waals surface area (Å²) in [4.78, 5) is 0. The molecule has 3 rings (SSSR count). The van der Waals surface area contributed by atoms with Gasteiger partial charge in [0, 0.05) is 23.5 Å². The number of furan rings is 1. The van der Waals surface area contributed by atoms with E-state index in [4.69, 9.17) is 4.42 Å². The topological polar surface area (TPSA) is 25.2 Å². The number of aryl methyl sites for hydroxylation is 1. The third-order valence-corrected chi connectivity index (χ3v) is 4.38. The Bertz CT molecular complexity index is 684. The zero-order valence-corrected chi connectivity index (χ0v) is 12.7. The molecule has 0 amide bonds. The normalized spacial score (nSPS) is 12.9. The summed E-state index contributed by atoms with van der Waals surface area (Å²) in [5.41, 5.74) is 3.66. The fraction of sp³-hybridized carbons (Fsp3) is 0.294. The van der Waals surface area contributed by atoms with E-state index in [1.54, 1.807) is 11.3 Å². The van der Waals surface area contributed by atoms with Crippen molar-refractivity contribution in [3.8, 4) is 0 Å². The second-order valence-electron chi connectivity index (χ2n) is 5.25. The molecule has 2 heterocycles. The van der Waals surface area contributed by atoms with E-state index in [1.165, 1.54) is 16.5 Å². The van der Waals surface area contributed by atoms with E-state index >= 15 is 0 Å². The minimum absolute atomic E-state index is 0.456. The highest BCUT2D eigenvalue weighted by atomic mass is 32.1. The molecule has 3 heteroatoms. The fourth-order valence-corrected chi connectivity index (χ4v) is 3.23. The summed E-state index contributed by atoms with van der Waals surface area (Å²) < 4.78 is 5.80. The van der Waals surface area contributed by atoms with E-state index in [0.29, 0.717) is 6.04 Å². The molecule has 0 fully saturated rings.